The molecule has 1 unspecified atom stereocenters. The van der Waals surface area contributed by atoms with Crippen molar-refractivity contribution in [2.75, 3.05) is 19.4 Å². The summed E-state index contributed by atoms with van der Waals surface area (Å²) in [5.74, 6) is 0.0332. The molecule has 0 aliphatic rings. The Hall–Kier alpha value is -2.80. The molecule has 0 fully saturated rings. The molecule has 6 nitrogen and oxygen atoms in total. The summed E-state index contributed by atoms with van der Waals surface area (Å²) < 4.78 is 1.91. The van der Waals surface area contributed by atoms with Crippen LogP contribution in [0.1, 0.15) is 31.7 Å². The molecular weight excluding hydrogens is 384 g/mol. The topological polar surface area (TPSA) is 66.4 Å². The highest BCUT2D eigenvalue weighted by molar-refractivity contribution is 7.10. The third kappa shape index (κ3) is 4.98. The lowest BCUT2D eigenvalue weighted by atomic mass is 9.86. The highest BCUT2D eigenvalue weighted by atomic mass is 32.1. The highest BCUT2D eigenvalue weighted by Crippen LogP contribution is 2.35. The lowest BCUT2D eigenvalue weighted by Crippen LogP contribution is -2.38. The minimum absolute atomic E-state index is 0.0332. The van der Waals surface area contributed by atoms with Crippen LogP contribution in [0, 0.1) is 5.41 Å². The van der Waals surface area contributed by atoms with Crippen LogP contribution < -0.4 is 10.6 Å². The molecule has 3 rings (SSSR count). The van der Waals surface area contributed by atoms with E-state index in [2.05, 4.69) is 31.4 Å². The van der Waals surface area contributed by atoms with E-state index in [1.54, 1.807) is 30.3 Å². The number of amides is 3. The third-order valence-corrected chi connectivity index (χ3v) is 5.74. The predicted octanol–water partition coefficient (Wildman–Crippen LogP) is 4.70. The Morgan fingerprint density at radius 1 is 1.17 bits per heavy atom. The van der Waals surface area contributed by atoms with E-state index in [0.717, 1.165) is 15.8 Å². The van der Waals surface area contributed by atoms with Crippen LogP contribution in [-0.2, 0) is 11.3 Å². The Labute approximate surface area is 175 Å². The summed E-state index contributed by atoms with van der Waals surface area (Å²) in [6, 6.07) is 11.4. The average Bonchev–Trinajstić information content (AvgIpc) is 3.28. The molecule has 3 amide bonds. The fourth-order valence-corrected chi connectivity index (χ4v) is 4.19. The molecule has 0 aliphatic heterocycles. The minimum atomic E-state index is -0.236. The second-order valence-electron chi connectivity index (χ2n) is 8.42. The van der Waals surface area contributed by atoms with Gasteiger partial charge in [-0.3, -0.25) is 4.79 Å². The molecule has 0 bridgehead atoms. The van der Waals surface area contributed by atoms with Gasteiger partial charge in [-0.25, -0.2) is 4.79 Å². The van der Waals surface area contributed by atoms with Crippen molar-refractivity contribution in [1.29, 1.82) is 0 Å². The van der Waals surface area contributed by atoms with Gasteiger partial charge in [0.25, 0.3) is 0 Å². The van der Waals surface area contributed by atoms with Gasteiger partial charge in [0.05, 0.1) is 6.04 Å². The second-order valence-corrected chi connectivity index (χ2v) is 9.40. The van der Waals surface area contributed by atoms with Crippen molar-refractivity contribution in [3.63, 3.8) is 0 Å². The van der Waals surface area contributed by atoms with Crippen molar-refractivity contribution in [2.45, 2.75) is 33.4 Å². The molecule has 0 saturated carbocycles. The van der Waals surface area contributed by atoms with Crippen LogP contribution in [0.5, 0.6) is 0 Å². The van der Waals surface area contributed by atoms with E-state index in [9.17, 15) is 9.59 Å². The lowest BCUT2D eigenvalue weighted by Gasteiger charge is -2.30. The zero-order chi connectivity index (χ0) is 21.2. The Balaban J connectivity index is 1.73. The predicted molar refractivity (Wildman–Crippen MR) is 119 cm³/mol. The molecule has 2 heterocycles. The van der Waals surface area contributed by atoms with Gasteiger partial charge in [0.2, 0.25) is 5.91 Å². The van der Waals surface area contributed by atoms with Gasteiger partial charge < -0.3 is 20.1 Å². The highest BCUT2D eigenvalue weighted by Gasteiger charge is 2.28. The van der Waals surface area contributed by atoms with E-state index in [-0.39, 0.29) is 29.9 Å². The maximum atomic E-state index is 12.7. The number of benzene rings is 1. The van der Waals surface area contributed by atoms with E-state index in [1.165, 1.54) is 0 Å². The molecule has 0 aliphatic carbocycles. The third-order valence-electron chi connectivity index (χ3n) is 4.80. The van der Waals surface area contributed by atoms with E-state index in [0.29, 0.717) is 5.69 Å². The van der Waals surface area contributed by atoms with Gasteiger partial charge in [-0.05, 0) is 41.1 Å². The Kier molecular flexibility index (Phi) is 5.98. The van der Waals surface area contributed by atoms with Crippen molar-refractivity contribution in [2.24, 2.45) is 5.41 Å². The van der Waals surface area contributed by atoms with Gasteiger partial charge >= 0.3 is 6.03 Å². The van der Waals surface area contributed by atoms with Gasteiger partial charge in [-0.15, -0.1) is 11.3 Å². The van der Waals surface area contributed by atoms with Crippen LogP contribution in [0.15, 0.2) is 48.0 Å². The molecule has 1 aromatic carbocycles. The van der Waals surface area contributed by atoms with Gasteiger partial charge in [-0.2, -0.15) is 0 Å². The van der Waals surface area contributed by atoms with Crippen LogP contribution in [0.2, 0.25) is 0 Å². The monoisotopic (exact) mass is 412 g/mol. The maximum absolute atomic E-state index is 12.7. The second kappa shape index (κ2) is 8.29. The zero-order valence-electron chi connectivity index (χ0n) is 17.5. The van der Waals surface area contributed by atoms with E-state index < -0.39 is 0 Å². The Bertz CT molecular complexity index is 1000. The molecule has 1 atom stereocenters. The summed E-state index contributed by atoms with van der Waals surface area (Å²) in [5.41, 5.74) is 1.56. The summed E-state index contributed by atoms with van der Waals surface area (Å²) >= 11 is 1.64. The summed E-state index contributed by atoms with van der Waals surface area (Å²) in [6.07, 6.45) is 1.89. The molecule has 3 aromatic rings. The summed E-state index contributed by atoms with van der Waals surface area (Å²) in [6.45, 7) is 6.63. The number of nitrogens with zero attached hydrogens (tertiary/aromatic N) is 2. The summed E-state index contributed by atoms with van der Waals surface area (Å²) in [5, 5.41) is 9.03. The molecule has 29 heavy (non-hydrogen) atoms. The van der Waals surface area contributed by atoms with Crippen LogP contribution >= 0.6 is 11.3 Å². The standard InChI is InChI=1S/C22H28N4O2S/c1-22(2,3)20(18-7-6-12-29-18)24-21(28)23-16-8-9-17-15(13-16)10-11-26(17)14-19(27)25(4)5/h6-13,20H,14H2,1-5H3,(H2,23,24,28). The van der Waals surface area contributed by atoms with Crippen molar-refractivity contribution >= 4 is 39.9 Å². The molecule has 0 radical (unpaired) electrons. The van der Waals surface area contributed by atoms with Gasteiger partial charge in [0.15, 0.2) is 0 Å². The molecular formula is C22H28N4O2S. The summed E-state index contributed by atoms with van der Waals surface area (Å²) in [4.78, 5) is 27.3. The first-order valence-corrected chi connectivity index (χ1v) is 10.4. The Morgan fingerprint density at radius 3 is 2.55 bits per heavy atom. The fraction of sp³-hybridized carbons (Fsp3) is 0.364. The van der Waals surface area contributed by atoms with Crippen LogP contribution in [-0.4, -0.2) is 35.5 Å². The molecule has 0 spiro atoms. The van der Waals surface area contributed by atoms with Gasteiger partial charge in [0, 0.05) is 41.8 Å². The number of hydrogen-bond acceptors (Lipinski definition) is 3. The minimum Gasteiger partial charge on any atom is -0.347 e. The number of hydrogen-bond donors (Lipinski definition) is 2. The van der Waals surface area contributed by atoms with Crippen molar-refractivity contribution in [3.05, 3.63) is 52.9 Å². The first-order chi connectivity index (χ1) is 13.6. The van der Waals surface area contributed by atoms with Crippen LogP contribution in [0.3, 0.4) is 0 Å². The number of thiophene rings is 1. The van der Waals surface area contributed by atoms with Gasteiger partial charge in [-0.1, -0.05) is 26.8 Å². The smallest absolute Gasteiger partial charge is 0.319 e. The summed E-state index contributed by atoms with van der Waals surface area (Å²) in [7, 11) is 3.49. The molecule has 2 N–H and O–H groups in total. The number of nitrogens with one attached hydrogen (secondary N) is 2. The van der Waals surface area contributed by atoms with Crippen LogP contribution in [0.25, 0.3) is 10.9 Å². The molecule has 2 aromatic heterocycles. The number of likely N-dealkylation sites (N-methyl/N-ethyl adjacent to an activating group) is 1. The first-order valence-electron chi connectivity index (χ1n) is 9.55. The number of urea groups is 1. The van der Waals surface area contributed by atoms with E-state index >= 15 is 0 Å². The SMILES string of the molecule is CN(C)C(=O)Cn1ccc2cc(NC(=O)NC(c3cccs3)C(C)(C)C)ccc21. The zero-order valence-corrected chi connectivity index (χ0v) is 18.3. The first kappa shape index (κ1) is 20.9. The maximum Gasteiger partial charge on any atom is 0.319 e. The van der Waals surface area contributed by atoms with Crippen LogP contribution in [0.4, 0.5) is 10.5 Å². The number of carbonyl (C=O) groups excluding carboxylic acids is 2. The Morgan fingerprint density at radius 2 is 1.93 bits per heavy atom. The number of aromatic nitrogens is 1. The molecule has 7 heteroatoms. The van der Waals surface area contributed by atoms with Crippen molar-refractivity contribution in [1.82, 2.24) is 14.8 Å². The largest absolute Gasteiger partial charge is 0.347 e. The van der Waals surface area contributed by atoms with Crippen molar-refractivity contribution < 1.29 is 9.59 Å². The number of rotatable bonds is 5. The fourth-order valence-electron chi connectivity index (χ4n) is 3.17. The van der Waals surface area contributed by atoms with E-state index in [1.807, 2.05) is 52.5 Å². The van der Waals surface area contributed by atoms with Crippen molar-refractivity contribution in [3.8, 4) is 0 Å². The quantitative estimate of drug-likeness (QED) is 0.638. The molecule has 0 saturated heterocycles. The number of anilines is 1. The average molecular weight is 413 g/mol. The van der Waals surface area contributed by atoms with E-state index in [4.69, 9.17) is 0 Å². The number of carbonyl (C=O) groups is 2. The number of fused-ring (bicyclic) bond motifs is 1. The normalized spacial score (nSPS) is 12.6. The molecule has 154 valence electrons. The lowest BCUT2D eigenvalue weighted by molar-refractivity contribution is -0.129. The van der Waals surface area contributed by atoms with Gasteiger partial charge in [0.1, 0.15) is 6.54 Å².